The Kier molecular flexibility index (Phi) is 2.22. The zero-order valence-corrected chi connectivity index (χ0v) is 9.46. The van der Waals surface area contributed by atoms with E-state index in [0.717, 1.165) is 17.7 Å². The van der Waals surface area contributed by atoms with Gasteiger partial charge >= 0.3 is 0 Å². The van der Waals surface area contributed by atoms with Crippen LogP contribution in [0.1, 0.15) is 32.8 Å². The van der Waals surface area contributed by atoms with Crippen LogP contribution in [0.15, 0.2) is 24.3 Å². The molecule has 0 aliphatic carbocycles. The first kappa shape index (κ1) is 10.1. The Bertz CT molecular complexity index is 419. The van der Waals surface area contributed by atoms with Gasteiger partial charge in [-0.25, -0.2) is 0 Å². The fourth-order valence-corrected chi connectivity index (χ4v) is 2.10. The monoisotopic (exact) mass is 203 g/mol. The van der Waals surface area contributed by atoms with Crippen LogP contribution in [0.25, 0.3) is 5.57 Å². The second kappa shape index (κ2) is 3.30. The number of nitrogens with one attached hydrogen (secondary N) is 1. The van der Waals surface area contributed by atoms with E-state index in [1.54, 1.807) is 6.07 Å². The van der Waals surface area contributed by atoms with Gasteiger partial charge < -0.3 is 10.4 Å². The van der Waals surface area contributed by atoms with E-state index < -0.39 is 0 Å². The van der Waals surface area contributed by atoms with Crippen molar-refractivity contribution in [3.8, 4) is 5.75 Å². The molecule has 1 aliphatic heterocycles. The summed E-state index contributed by atoms with van der Waals surface area (Å²) in [4.78, 5) is 0. The molecule has 0 amide bonds. The fraction of sp³-hybridized carbons (Fsp3) is 0.385. The molecule has 0 saturated carbocycles. The Labute approximate surface area is 90.6 Å². The highest BCUT2D eigenvalue weighted by Gasteiger charge is 2.24. The molecule has 0 fully saturated rings. The maximum absolute atomic E-state index is 9.81. The Morgan fingerprint density at radius 3 is 2.73 bits per heavy atom. The maximum Gasteiger partial charge on any atom is 0.139 e. The molecule has 80 valence electrons. The Morgan fingerprint density at radius 2 is 2.07 bits per heavy atom. The second-order valence-electron chi connectivity index (χ2n) is 4.57. The first-order valence-corrected chi connectivity index (χ1v) is 5.36. The fourth-order valence-electron chi connectivity index (χ4n) is 2.10. The average Bonchev–Trinajstić information content (AvgIpc) is 2.17. The van der Waals surface area contributed by atoms with Crippen LogP contribution in [0, 0.1) is 0 Å². The average molecular weight is 203 g/mol. The van der Waals surface area contributed by atoms with Crippen LogP contribution in [0.4, 0.5) is 5.69 Å². The highest BCUT2D eigenvalue weighted by molar-refractivity contribution is 5.84. The molecule has 2 nitrogen and oxygen atoms in total. The van der Waals surface area contributed by atoms with E-state index in [0.29, 0.717) is 5.75 Å². The number of benzene rings is 1. The number of allylic oxidation sites excluding steroid dienone is 1. The van der Waals surface area contributed by atoms with E-state index in [9.17, 15) is 5.11 Å². The predicted molar refractivity (Wildman–Crippen MR) is 64.1 cm³/mol. The van der Waals surface area contributed by atoms with Gasteiger partial charge in [-0.15, -0.1) is 0 Å². The van der Waals surface area contributed by atoms with Crippen LogP contribution in [-0.4, -0.2) is 10.6 Å². The highest BCUT2D eigenvalue weighted by atomic mass is 16.3. The van der Waals surface area contributed by atoms with Crippen LogP contribution in [-0.2, 0) is 0 Å². The van der Waals surface area contributed by atoms with Crippen molar-refractivity contribution in [2.45, 2.75) is 32.7 Å². The SMILES string of the molecule is CCC1=CC(C)(C)Nc2c(O)cccc21. The van der Waals surface area contributed by atoms with Crippen molar-refractivity contribution in [3.05, 3.63) is 29.8 Å². The van der Waals surface area contributed by atoms with Crippen LogP contribution in [0.2, 0.25) is 0 Å². The van der Waals surface area contributed by atoms with Crippen molar-refractivity contribution in [1.82, 2.24) is 0 Å². The smallest absolute Gasteiger partial charge is 0.139 e. The molecule has 1 aromatic carbocycles. The molecule has 0 bridgehead atoms. The summed E-state index contributed by atoms with van der Waals surface area (Å²) in [6, 6.07) is 5.66. The summed E-state index contributed by atoms with van der Waals surface area (Å²) in [6.45, 7) is 6.36. The van der Waals surface area contributed by atoms with Crippen molar-refractivity contribution in [3.63, 3.8) is 0 Å². The zero-order chi connectivity index (χ0) is 11.1. The number of phenolic OH excluding ortho intramolecular Hbond substituents is 1. The Balaban J connectivity index is 2.60. The summed E-state index contributed by atoms with van der Waals surface area (Å²) < 4.78 is 0. The third-order valence-corrected chi connectivity index (χ3v) is 2.75. The van der Waals surface area contributed by atoms with Gasteiger partial charge in [0.25, 0.3) is 0 Å². The quantitative estimate of drug-likeness (QED) is 0.686. The molecule has 2 rings (SSSR count). The van der Waals surface area contributed by atoms with Crippen LogP contribution >= 0.6 is 0 Å². The number of anilines is 1. The van der Waals surface area contributed by atoms with E-state index in [4.69, 9.17) is 0 Å². The molecule has 0 aromatic heterocycles. The number of fused-ring (bicyclic) bond motifs is 1. The number of hydrogen-bond donors (Lipinski definition) is 2. The number of aromatic hydroxyl groups is 1. The van der Waals surface area contributed by atoms with Crippen molar-refractivity contribution < 1.29 is 5.11 Å². The lowest BCUT2D eigenvalue weighted by atomic mass is 9.89. The molecule has 0 spiro atoms. The molecule has 0 saturated heterocycles. The third-order valence-electron chi connectivity index (χ3n) is 2.75. The van der Waals surface area contributed by atoms with E-state index >= 15 is 0 Å². The van der Waals surface area contributed by atoms with Crippen molar-refractivity contribution in [1.29, 1.82) is 0 Å². The molecular weight excluding hydrogens is 186 g/mol. The standard InChI is InChI=1S/C13H17NO/c1-4-9-8-13(2,3)14-12-10(9)6-5-7-11(12)15/h5-8,14-15H,4H2,1-3H3. The summed E-state index contributed by atoms with van der Waals surface area (Å²) in [5.41, 5.74) is 3.19. The van der Waals surface area contributed by atoms with Gasteiger partial charge in [-0.1, -0.05) is 25.1 Å². The van der Waals surface area contributed by atoms with Crippen LogP contribution in [0.5, 0.6) is 5.75 Å². The van der Waals surface area contributed by atoms with Gasteiger partial charge in [0, 0.05) is 5.56 Å². The molecule has 1 aromatic rings. The molecule has 0 radical (unpaired) electrons. The predicted octanol–water partition coefficient (Wildman–Crippen LogP) is 3.39. The maximum atomic E-state index is 9.81. The van der Waals surface area contributed by atoms with E-state index in [2.05, 4.69) is 32.2 Å². The molecule has 0 atom stereocenters. The first-order chi connectivity index (χ1) is 7.03. The summed E-state index contributed by atoms with van der Waals surface area (Å²) in [6.07, 6.45) is 3.22. The van der Waals surface area contributed by atoms with Gasteiger partial charge in [-0.3, -0.25) is 0 Å². The summed E-state index contributed by atoms with van der Waals surface area (Å²) in [7, 11) is 0. The third kappa shape index (κ3) is 1.72. The molecule has 1 heterocycles. The minimum absolute atomic E-state index is 0.0861. The van der Waals surface area contributed by atoms with Crippen LogP contribution < -0.4 is 5.32 Å². The normalized spacial score (nSPS) is 17.7. The first-order valence-electron chi connectivity index (χ1n) is 5.36. The number of para-hydroxylation sites is 1. The largest absolute Gasteiger partial charge is 0.506 e. The van der Waals surface area contributed by atoms with Gasteiger partial charge in [-0.05, 0) is 31.9 Å². The minimum atomic E-state index is -0.0861. The molecule has 0 unspecified atom stereocenters. The van der Waals surface area contributed by atoms with E-state index in [-0.39, 0.29) is 5.54 Å². The van der Waals surface area contributed by atoms with Gasteiger partial charge in [0.05, 0.1) is 11.2 Å². The highest BCUT2D eigenvalue weighted by Crippen LogP contribution is 2.40. The minimum Gasteiger partial charge on any atom is -0.506 e. The topological polar surface area (TPSA) is 32.3 Å². The Hall–Kier alpha value is -1.44. The summed E-state index contributed by atoms with van der Waals surface area (Å²) >= 11 is 0. The van der Waals surface area contributed by atoms with Crippen molar-refractivity contribution in [2.24, 2.45) is 0 Å². The van der Waals surface area contributed by atoms with Crippen LogP contribution in [0.3, 0.4) is 0 Å². The lowest BCUT2D eigenvalue weighted by molar-refractivity contribution is 0.475. The van der Waals surface area contributed by atoms with Gasteiger partial charge in [0.2, 0.25) is 0 Å². The van der Waals surface area contributed by atoms with Gasteiger partial charge in [0.15, 0.2) is 0 Å². The van der Waals surface area contributed by atoms with E-state index in [1.807, 2.05) is 12.1 Å². The molecular formula is C13H17NO. The van der Waals surface area contributed by atoms with Gasteiger partial charge in [0.1, 0.15) is 5.75 Å². The second-order valence-corrected chi connectivity index (χ2v) is 4.57. The number of phenols is 1. The van der Waals surface area contributed by atoms with E-state index in [1.165, 1.54) is 5.57 Å². The van der Waals surface area contributed by atoms with Crippen molar-refractivity contribution in [2.75, 3.05) is 5.32 Å². The molecule has 15 heavy (non-hydrogen) atoms. The zero-order valence-electron chi connectivity index (χ0n) is 9.46. The van der Waals surface area contributed by atoms with Crippen molar-refractivity contribution >= 4 is 11.3 Å². The summed E-state index contributed by atoms with van der Waals surface area (Å²) in [5.74, 6) is 0.333. The molecule has 2 heteroatoms. The number of rotatable bonds is 1. The molecule has 2 N–H and O–H groups in total. The summed E-state index contributed by atoms with van der Waals surface area (Å²) in [5, 5.41) is 13.2. The lowest BCUT2D eigenvalue weighted by Crippen LogP contribution is -2.31. The lowest BCUT2D eigenvalue weighted by Gasteiger charge is -2.32. The van der Waals surface area contributed by atoms with Gasteiger partial charge in [-0.2, -0.15) is 0 Å². The number of hydrogen-bond acceptors (Lipinski definition) is 2. The Morgan fingerprint density at radius 1 is 1.33 bits per heavy atom. The molecule has 1 aliphatic rings.